The third-order valence-electron chi connectivity index (χ3n) is 14.9. The Morgan fingerprint density at radius 1 is 0.516 bits per heavy atom. The average molecular weight is 863 g/mol. The second-order valence-corrected chi connectivity index (χ2v) is 24.3. The van der Waals surface area contributed by atoms with Crippen molar-refractivity contribution in [2.45, 2.75) is 216 Å². The Morgan fingerprint density at radius 3 is 1.29 bits per heavy atom. The summed E-state index contributed by atoms with van der Waals surface area (Å²) in [6.45, 7) is 47.8. The van der Waals surface area contributed by atoms with Crippen molar-refractivity contribution in [3.63, 3.8) is 0 Å². The summed E-state index contributed by atoms with van der Waals surface area (Å²) < 4.78 is 22.5. The normalized spacial score (nSPS) is 16.5. The van der Waals surface area contributed by atoms with Crippen molar-refractivity contribution in [1.29, 1.82) is 0 Å². The fourth-order valence-corrected chi connectivity index (χ4v) is 9.76. The number of hydrogen-bond acceptors (Lipinski definition) is 4. The number of phenolic OH excluding ortho intramolecular Hbond substituents is 1. The SMILES string of the molecule is CCC(C)(C)c1cc2c(c(C(C)(C)CC)c1)OP(Oc1c(Cc3cc(C)cc(C(C)(C)C)c3O)cc(C)cc1C(C)(C)C)Oc1c(cc(C(C)(C)CC)cc1C(C)(C)CC)C2C. The van der Waals surface area contributed by atoms with Crippen molar-refractivity contribution in [2.75, 3.05) is 0 Å². The van der Waals surface area contributed by atoms with Gasteiger partial charge in [0.25, 0.3) is 0 Å². The predicted octanol–water partition coefficient (Wildman–Crippen LogP) is 17.2. The van der Waals surface area contributed by atoms with Gasteiger partial charge in [0, 0.05) is 40.2 Å². The standard InChI is InChI=1S/C57H83O4P/c1-22-54(14,15)40-31-42-37(7)43-32-41(55(16,17)23-2)34-47(57(20,21)25-4)51(43)61-62(60-50(42)46(33-40)56(18,19)24-3)59-49-39(27-36(6)29-45(49)53(11,12)13)30-38-26-35(5)28-44(48(38)58)52(8,9)10/h26-29,31-34,37,58H,22-25,30H2,1-21H3. The summed E-state index contributed by atoms with van der Waals surface area (Å²) in [5, 5.41) is 11.9. The second-order valence-electron chi connectivity index (χ2n) is 23.4. The molecule has 5 heteroatoms. The van der Waals surface area contributed by atoms with Crippen LogP contribution >= 0.6 is 8.60 Å². The summed E-state index contributed by atoms with van der Waals surface area (Å²) in [7, 11) is -2.07. The van der Waals surface area contributed by atoms with E-state index in [4.69, 9.17) is 13.6 Å². The van der Waals surface area contributed by atoms with E-state index < -0.39 is 8.60 Å². The Hall–Kier alpha value is -3.49. The Balaban J connectivity index is 1.90. The van der Waals surface area contributed by atoms with Gasteiger partial charge in [-0.2, -0.15) is 0 Å². The predicted molar refractivity (Wildman–Crippen MR) is 267 cm³/mol. The molecule has 4 nitrogen and oxygen atoms in total. The Bertz CT molecular complexity index is 2190. The first-order valence-corrected chi connectivity index (χ1v) is 24.7. The molecule has 0 saturated carbocycles. The topological polar surface area (TPSA) is 47.9 Å². The fourth-order valence-electron chi connectivity index (χ4n) is 8.58. The molecule has 4 aromatic rings. The lowest BCUT2D eigenvalue weighted by Crippen LogP contribution is -2.26. The third-order valence-corrected chi connectivity index (χ3v) is 15.9. The summed E-state index contributed by atoms with van der Waals surface area (Å²) >= 11 is 0. The van der Waals surface area contributed by atoms with Crippen LogP contribution in [0.3, 0.4) is 0 Å². The minimum atomic E-state index is -2.07. The molecule has 0 saturated heterocycles. The number of rotatable bonds is 12. The zero-order valence-electron chi connectivity index (χ0n) is 42.9. The van der Waals surface area contributed by atoms with Gasteiger partial charge < -0.3 is 18.7 Å². The molecule has 1 aliphatic rings. The van der Waals surface area contributed by atoms with Crippen LogP contribution in [-0.2, 0) is 38.9 Å². The maximum Gasteiger partial charge on any atom is 0.530 e. The van der Waals surface area contributed by atoms with Gasteiger partial charge in [-0.3, -0.25) is 0 Å². The van der Waals surface area contributed by atoms with E-state index in [-0.39, 0.29) is 38.4 Å². The summed E-state index contributed by atoms with van der Waals surface area (Å²) in [5.74, 6) is 2.86. The lowest BCUT2D eigenvalue weighted by Gasteiger charge is -2.38. The summed E-state index contributed by atoms with van der Waals surface area (Å²) in [4.78, 5) is 0. The van der Waals surface area contributed by atoms with E-state index in [1.165, 1.54) is 33.4 Å². The molecule has 0 aliphatic carbocycles. The molecule has 1 heterocycles. The van der Waals surface area contributed by atoms with Crippen LogP contribution in [0.4, 0.5) is 0 Å². The van der Waals surface area contributed by atoms with Crippen LogP contribution in [0.25, 0.3) is 0 Å². The number of aromatic hydroxyl groups is 1. The minimum absolute atomic E-state index is 0.0171. The Morgan fingerprint density at radius 2 is 0.903 bits per heavy atom. The monoisotopic (exact) mass is 863 g/mol. The first-order valence-electron chi connectivity index (χ1n) is 23.6. The first kappa shape index (κ1) is 49.5. The second kappa shape index (κ2) is 17.5. The third kappa shape index (κ3) is 9.92. The van der Waals surface area contributed by atoms with Gasteiger partial charge in [0.15, 0.2) is 0 Å². The van der Waals surface area contributed by atoms with E-state index >= 15 is 0 Å². The van der Waals surface area contributed by atoms with Crippen LogP contribution in [0.2, 0.25) is 0 Å². The van der Waals surface area contributed by atoms with Crippen LogP contribution < -0.4 is 13.6 Å². The molecule has 0 bridgehead atoms. The van der Waals surface area contributed by atoms with Gasteiger partial charge in [0.05, 0.1) is 0 Å². The van der Waals surface area contributed by atoms with Gasteiger partial charge in [-0.25, -0.2) is 0 Å². The highest BCUT2D eigenvalue weighted by Crippen LogP contribution is 2.58. The largest absolute Gasteiger partial charge is 0.530 e. The van der Waals surface area contributed by atoms with Crippen molar-refractivity contribution in [3.8, 4) is 23.0 Å². The van der Waals surface area contributed by atoms with Crippen LogP contribution in [-0.4, -0.2) is 5.11 Å². The molecule has 0 radical (unpaired) electrons. The summed E-state index contributed by atoms with van der Waals surface area (Å²) in [6, 6.07) is 18.4. The number of aryl methyl sites for hydroxylation is 2. The lowest BCUT2D eigenvalue weighted by atomic mass is 9.72. The summed E-state index contributed by atoms with van der Waals surface area (Å²) in [6.07, 6.45) is 4.43. The zero-order chi connectivity index (χ0) is 46.7. The number of fused-ring (bicyclic) bond motifs is 2. The van der Waals surface area contributed by atoms with Crippen LogP contribution in [0.1, 0.15) is 230 Å². The summed E-state index contributed by atoms with van der Waals surface area (Å²) in [5.41, 5.74) is 12.7. The van der Waals surface area contributed by atoms with Crippen LogP contribution in [0.15, 0.2) is 48.5 Å². The van der Waals surface area contributed by atoms with Crippen molar-refractivity contribution in [3.05, 3.63) is 115 Å². The fraction of sp³-hybridized carbons (Fsp3) is 0.579. The molecule has 0 amide bonds. The molecule has 5 rings (SSSR count). The minimum Gasteiger partial charge on any atom is -0.507 e. The van der Waals surface area contributed by atoms with Gasteiger partial charge >= 0.3 is 8.60 Å². The maximum absolute atomic E-state index is 11.9. The molecule has 0 spiro atoms. The van der Waals surface area contributed by atoms with Gasteiger partial charge in [-0.1, -0.05) is 191 Å². The van der Waals surface area contributed by atoms with Crippen LogP contribution in [0, 0.1) is 13.8 Å². The molecule has 1 N–H and O–H groups in total. The average Bonchev–Trinajstić information content (AvgIpc) is 3.17. The molecular formula is C57H83O4P. The molecule has 4 aromatic carbocycles. The van der Waals surface area contributed by atoms with Crippen molar-refractivity contribution >= 4 is 8.60 Å². The molecule has 1 aliphatic heterocycles. The molecule has 62 heavy (non-hydrogen) atoms. The molecule has 0 fully saturated rings. The zero-order valence-corrected chi connectivity index (χ0v) is 43.7. The Kier molecular flexibility index (Phi) is 14.0. The van der Waals surface area contributed by atoms with Gasteiger partial charge in [0.2, 0.25) is 0 Å². The van der Waals surface area contributed by atoms with Gasteiger partial charge in [-0.05, 0) is 99.8 Å². The van der Waals surface area contributed by atoms with Gasteiger partial charge in [0.1, 0.15) is 23.0 Å². The highest BCUT2D eigenvalue weighted by Gasteiger charge is 2.40. The van der Waals surface area contributed by atoms with Gasteiger partial charge in [-0.15, -0.1) is 0 Å². The first-order chi connectivity index (χ1) is 28.4. The number of benzene rings is 4. The highest BCUT2D eigenvalue weighted by molar-refractivity contribution is 7.43. The van der Waals surface area contributed by atoms with E-state index in [0.717, 1.165) is 76.3 Å². The highest BCUT2D eigenvalue weighted by atomic mass is 31.2. The van der Waals surface area contributed by atoms with E-state index in [0.29, 0.717) is 12.2 Å². The molecule has 0 atom stereocenters. The van der Waals surface area contributed by atoms with Crippen LogP contribution in [0.5, 0.6) is 23.0 Å². The van der Waals surface area contributed by atoms with Crippen molar-refractivity contribution in [2.24, 2.45) is 0 Å². The Labute approximate surface area is 380 Å². The quantitative estimate of drug-likeness (QED) is 0.144. The lowest BCUT2D eigenvalue weighted by molar-refractivity contribution is 0.356. The number of hydrogen-bond donors (Lipinski definition) is 1. The van der Waals surface area contributed by atoms with Crippen molar-refractivity contribution in [1.82, 2.24) is 0 Å². The molecule has 340 valence electrons. The van der Waals surface area contributed by atoms with E-state index in [9.17, 15) is 5.11 Å². The van der Waals surface area contributed by atoms with E-state index in [1.807, 2.05) is 0 Å². The molecule has 0 unspecified atom stereocenters. The smallest absolute Gasteiger partial charge is 0.507 e. The maximum atomic E-state index is 11.9. The molecular weight excluding hydrogens is 780 g/mol. The molecule has 0 aromatic heterocycles. The number of phenols is 1. The van der Waals surface area contributed by atoms with E-state index in [1.54, 1.807) is 0 Å². The van der Waals surface area contributed by atoms with E-state index in [2.05, 4.69) is 194 Å². The van der Waals surface area contributed by atoms with Crippen molar-refractivity contribution < 1.29 is 18.7 Å².